The Balaban J connectivity index is 1.23. The summed E-state index contributed by atoms with van der Waals surface area (Å²) < 4.78 is 5.06. The van der Waals surface area contributed by atoms with Crippen LogP contribution < -0.4 is 0 Å². The van der Waals surface area contributed by atoms with Crippen LogP contribution in [0.4, 0.5) is 0 Å². The van der Waals surface area contributed by atoms with E-state index in [2.05, 4.69) is 157 Å². The van der Waals surface area contributed by atoms with Crippen LogP contribution >= 0.6 is 11.3 Å². The molecule has 0 aliphatic heterocycles. The Labute approximate surface area is 323 Å². The molecule has 4 heteroatoms. The molecule has 0 bridgehead atoms. The zero-order valence-corrected chi connectivity index (χ0v) is 31.1. The van der Waals surface area contributed by atoms with E-state index in [1.54, 1.807) is 6.08 Å². The van der Waals surface area contributed by atoms with Crippen molar-refractivity contribution in [1.29, 1.82) is 0 Å². The number of fused-ring (bicyclic) bond motifs is 10. The molecule has 260 valence electrons. The summed E-state index contributed by atoms with van der Waals surface area (Å²) in [5, 5.41) is 7.69. The van der Waals surface area contributed by atoms with Crippen LogP contribution in [-0.2, 0) is 0 Å². The maximum atomic E-state index is 5.11. The monoisotopic (exact) mass is 721 g/mol. The molecule has 3 nitrogen and oxygen atoms in total. The van der Waals surface area contributed by atoms with E-state index < -0.39 is 0 Å². The Morgan fingerprint density at radius 1 is 0.600 bits per heavy atom. The molecule has 0 unspecified atom stereocenters. The second kappa shape index (κ2) is 13.5. The lowest BCUT2D eigenvalue weighted by atomic mass is 9.97. The van der Waals surface area contributed by atoms with E-state index in [-0.39, 0.29) is 0 Å². The van der Waals surface area contributed by atoms with Crippen molar-refractivity contribution in [3.63, 3.8) is 0 Å². The van der Waals surface area contributed by atoms with Crippen molar-refractivity contribution in [3.05, 3.63) is 194 Å². The Morgan fingerprint density at radius 2 is 1.25 bits per heavy atom. The van der Waals surface area contributed by atoms with Crippen LogP contribution in [0.1, 0.15) is 12.6 Å². The third kappa shape index (κ3) is 5.50. The Bertz CT molecular complexity index is 3150. The number of benzene rings is 7. The lowest BCUT2D eigenvalue weighted by molar-refractivity contribution is 1.15. The molecular formula is C51H35N3S. The minimum absolute atomic E-state index is 0.682. The first kappa shape index (κ1) is 32.7. The van der Waals surface area contributed by atoms with Crippen LogP contribution in [0.15, 0.2) is 189 Å². The van der Waals surface area contributed by atoms with E-state index in [0.717, 1.165) is 33.8 Å². The van der Waals surface area contributed by atoms with Crippen molar-refractivity contribution < 1.29 is 0 Å². The molecule has 0 atom stereocenters. The Morgan fingerprint density at radius 3 is 1.98 bits per heavy atom. The molecule has 0 N–H and O–H groups in total. The van der Waals surface area contributed by atoms with E-state index in [4.69, 9.17) is 9.97 Å². The first-order chi connectivity index (χ1) is 27.2. The van der Waals surface area contributed by atoms with Crippen molar-refractivity contribution >= 4 is 69.7 Å². The molecule has 0 spiro atoms. The minimum Gasteiger partial charge on any atom is -0.308 e. The van der Waals surface area contributed by atoms with Crippen molar-refractivity contribution in [2.75, 3.05) is 0 Å². The number of hydrogen-bond acceptors (Lipinski definition) is 3. The third-order valence-electron chi connectivity index (χ3n) is 10.5. The molecule has 7 aromatic carbocycles. The average molecular weight is 722 g/mol. The molecule has 0 aliphatic carbocycles. The molecular weight excluding hydrogens is 687 g/mol. The Hall–Kier alpha value is -6.88. The number of thiophene rings is 1. The zero-order chi connectivity index (χ0) is 36.9. The van der Waals surface area contributed by atoms with Crippen LogP contribution in [0.3, 0.4) is 0 Å². The molecule has 0 saturated heterocycles. The van der Waals surface area contributed by atoms with Gasteiger partial charge in [-0.2, -0.15) is 0 Å². The second-order valence-electron chi connectivity index (χ2n) is 13.7. The lowest BCUT2D eigenvalue weighted by Gasteiger charge is -2.12. The minimum atomic E-state index is 0.682. The van der Waals surface area contributed by atoms with Gasteiger partial charge in [-0.15, -0.1) is 11.3 Å². The van der Waals surface area contributed by atoms with Gasteiger partial charge in [0, 0.05) is 43.1 Å². The van der Waals surface area contributed by atoms with E-state index in [1.165, 1.54) is 63.9 Å². The van der Waals surface area contributed by atoms with Gasteiger partial charge < -0.3 is 4.57 Å². The van der Waals surface area contributed by atoms with E-state index in [9.17, 15) is 0 Å². The number of hydrogen-bond donors (Lipinski definition) is 0. The molecule has 55 heavy (non-hydrogen) atoms. The van der Waals surface area contributed by atoms with Crippen molar-refractivity contribution in [3.8, 4) is 39.5 Å². The van der Waals surface area contributed by atoms with Gasteiger partial charge in [0.25, 0.3) is 0 Å². The fourth-order valence-corrected chi connectivity index (χ4v) is 9.26. The molecule has 0 fully saturated rings. The van der Waals surface area contributed by atoms with Gasteiger partial charge in [0.15, 0.2) is 5.82 Å². The van der Waals surface area contributed by atoms with Crippen molar-refractivity contribution in [1.82, 2.24) is 14.5 Å². The van der Waals surface area contributed by atoms with Gasteiger partial charge >= 0.3 is 0 Å². The summed E-state index contributed by atoms with van der Waals surface area (Å²) in [6.07, 6.45) is 7.85. The maximum Gasteiger partial charge on any atom is 0.160 e. The van der Waals surface area contributed by atoms with Crippen molar-refractivity contribution in [2.45, 2.75) is 6.92 Å². The highest BCUT2D eigenvalue weighted by Gasteiger charge is 2.22. The van der Waals surface area contributed by atoms with Crippen molar-refractivity contribution in [2.24, 2.45) is 0 Å². The van der Waals surface area contributed by atoms with Gasteiger partial charge in [-0.25, -0.2) is 9.97 Å². The molecule has 10 aromatic rings. The fourth-order valence-electron chi connectivity index (χ4n) is 8.00. The van der Waals surface area contributed by atoms with Crippen LogP contribution in [0, 0.1) is 0 Å². The fraction of sp³-hybridized carbons (Fsp3) is 0.0196. The summed E-state index contributed by atoms with van der Waals surface area (Å²) in [6.45, 7) is 5.90. The summed E-state index contributed by atoms with van der Waals surface area (Å²) in [5.41, 5.74) is 10.7. The summed E-state index contributed by atoms with van der Waals surface area (Å²) in [5.74, 6) is 0.682. The molecule has 3 heterocycles. The summed E-state index contributed by atoms with van der Waals surface area (Å²) >= 11 is 1.88. The first-order valence-electron chi connectivity index (χ1n) is 18.6. The topological polar surface area (TPSA) is 30.7 Å². The first-order valence-corrected chi connectivity index (χ1v) is 19.4. The SMILES string of the molecule is C=C/C=C\C(=C/C)c1cc(-c2ccccc2)nc(-c2ccc(-n3c4ccc(-c5ccccc5)cc4c4c5ccccc5c5c6ccccc6sc5c43)cc2)n1. The van der Waals surface area contributed by atoms with Crippen LogP contribution in [0.2, 0.25) is 0 Å². The highest BCUT2D eigenvalue weighted by molar-refractivity contribution is 7.27. The molecule has 0 saturated carbocycles. The molecule has 3 aromatic heterocycles. The average Bonchev–Trinajstić information content (AvgIpc) is 3.81. The number of allylic oxidation sites excluding steroid dienone is 5. The van der Waals surface area contributed by atoms with E-state index in [1.807, 2.05) is 48.6 Å². The molecule has 0 amide bonds. The zero-order valence-electron chi connectivity index (χ0n) is 30.3. The largest absolute Gasteiger partial charge is 0.308 e. The van der Waals surface area contributed by atoms with Crippen LogP contribution in [0.5, 0.6) is 0 Å². The molecule has 0 aliphatic rings. The van der Waals surface area contributed by atoms with Gasteiger partial charge in [-0.1, -0.05) is 140 Å². The van der Waals surface area contributed by atoms with E-state index in [0.29, 0.717) is 5.82 Å². The Kier molecular flexibility index (Phi) is 8.05. The third-order valence-corrected chi connectivity index (χ3v) is 11.7. The summed E-state index contributed by atoms with van der Waals surface area (Å²) in [4.78, 5) is 10.2. The summed E-state index contributed by atoms with van der Waals surface area (Å²) in [7, 11) is 0. The van der Waals surface area contributed by atoms with Gasteiger partial charge in [-0.3, -0.25) is 0 Å². The van der Waals surface area contributed by atoms with Gasteiger partial charge in [0.2, 0.25) is 0 Å². The predicted molar refractivity (Wildman–Crippen MR) is 236 cm³/mol. The number of rotatable bonds is 7. The second-order valence-corrected chi connectivity index (χ2v) is 14.8. The molecule has 10 rings (SSSR count). The molecule has 0 radical (unpaired) electrons. The normalized spacial score (nSPS) is 12.2. The highest BCUT2D eigenvalue weighted by atomic mass is 32.1. The van der Waals surface area contributed by atoms with Gasteiger partial charge in [-0.05, 0) is 82.9 Å². The number of aromatic nitrogens is 3. The lowest BCUT2D eigenvalue weighted by Crippen LogP contribution is -1.99. The number of nitrogens with zero attached hydrogens (tertiary/aromatic N) is 3. The van der Waals surface area contributed by atoms with Gasteiger partial charge in [0.05, 0.1) is 27.1 Å². The maximum absolute atomic E-state index is 5.11. The quantitative estimate of drug-likeness (QED) is 0.153. The predicted octanol–water partition coefficient (Wildman–Crippen LogP) is 14.2. The smallest absolute Gasteiger partial charge is 0.160 e. The highest BCUT2D eigenvalue weighted by Crippen LogP contribution is 2.48. The van der Waals surface area contributed by atoms with Crippen LogP contribution in [0.25, 0.3) is 97.8 Å². The standard InChI is InChI=1S/C51H35N3S/c1-3-5-16-33(4-2)43-32-44(35-19-10-7-11-20-35)53-51(52-43)36-25-28-38(29-26-36)54-45-30-27-37(34-17-8-6-9-18-34)31-42(45)47-39-21-12-13-22-40(39)48-41-23-14-15-24-46(41)55-50(48)49(47)54/h3-32H,1H2,2H3/b16-5-,33-4+. The van der Waals surface area contributed by atoms with E-state index >= 15 is 0 Å². The summed E-state index contributed by atoms with van der Waals surface area (Å²) in [6, 6.07) is 56.5. The van der Waals surface area contributed by atoms with Gasteiger partial charge in [0.1, 0.15) is 0 Å². The van der Waals surface area contributed by atoms with Crippen LogP contribution in [-0.4, -0.2) is 14.5 Å².